The largest absolute Gasteiger partial charge is 0.444 e. The SMILES string of the molecule is CC(C)(C)OC(=O)Nc1ccc(Nc2ccccn2)cc1. The van der Waals surface area contributed by atoms with Gasteiger partial charge >= 0.3 is 6.09 Å². The van der Waals surface area contributed by atoms with E-state index in [1.54, 1.807) is 18.3 Å². The van der Waals surface area contributed by atoms with E-state index >= 15 is 0 Å². The molecular weight excluding hydrogens is 266 g/mol. The van der Waals surface area contributed by atoms with E-state index in [9.17, 15) is 4.79 Å². The number of carbonyl (C=O) groups is 1. The molecule has 5 nitrogen and oxygen atoms in total. The van der Waals surface area contributed by atoms with Crippen molar-refractivity contribution in [3.63, 3.8) is 0 Å². The summed E-state index contributed by atoms with van der Waals surface area (Å²) in [5.74, 6) is 0.769. The van der Waals surface area contributed by atoms with E-state index in [0.717, 1.165) is 11.5 Å². The Balaban J connectivity index is 1.95. The molecule has 1 heterocycles. The molecule has 0 radical (unpaired) electrons. The maximum Gasteiger partial charge on any atom is 0.412 e. The molecule has 0 spiro atoms. The summed E-state index contributed by atoms with van der Waals surface area (Å²) in [6, 6.07) is 13.0. The summed E-state index contributed by atoms with van der Waals surface area (Å²) in [6.07, 6.45) is 1.26. The fourth-order valence-electron chi connectivity index (χ4n) is 1.64. The molecule has 0 fully saturated rings. The minimum Gasteiger partial charge on any atom is -0.444 e. The van der Waals surface area contributed by atoms with Gasteiger partial charge in [0.05, 0.1) is 0 Å². The Morgan fingerprint density at radius 2 is 1.71 bits per heavy atom. The molecule has 0 saturated carbocycles. The summed E-state index contributed by atoms with van der Waals surface area (Å²) in [6.45, 7) is 5.48. The second kappa shape index (κ2) is 6.26. The molecule has 0 aliphatic carbocycles. The maximum atomic E-state index is 11.6. The number of hydrogen-bond acceptors (Lipinski definition) is 4. The number of nitrogens with one attached hydrogen (secondary N) is 2. The molecule has 2 rings (SSSR count). The smallest absolute Gasteiger partial charge is 0.412 e. The lowest BCUT2D eigenvalue weighted by Crippen LogP contribution is -2.27. The summed E-state index contributed by atoms with van der Waals surface area (Å²) < 4.78 is 5.19. The molecule has 21 heavy (non-hydrogen) atoms. The van der Waals surface area contributed by atoms with E-state index in [1.165, 1.54) is 0 Å². The summed E-state index contributed by atoms with van der Waals surface area (Å²) in [4.78, 5) is 15.8. The third kappa shape index (κ3) is 5.14. The molecule has 0 aliphatic rings. The van der Waals surface area contributed by atoms with Crippen LogP contribution in [0.25, 0.3) is 0 Å². The van der Waals surface area contributed by atoms with Gasteiger partial charge in [0.1, 0.15) is 11.4 Å². The topological polar surface area (TPSA) is 63.2 Å². The third-order valence-electron chi connectivity index (χ3n) is 2.47. The van der Waals surface area contributed by atoms with E-state index in [2.05, 4.69) is 15.6 Å². The fraction of sp³-hybridized carbons (Fsp3) is 0.250. The molecule has 0 bridgehead atoms. The van der Waals surface area contributed by atoms with Gasteiger partial charge in [-0.2, -0.15) is 0 Å². The highest BCUT2D eigenvalue weighted by Crippen LogP contribution is 2.18. The van der Waals surface area contributed by atoms with E-state index in [0.29, 0.717) is 5.69 Å². The number of carbonyl (C=O) groups excluding carboxylic acids is 1. The van der Waals surface area contributed by atoms with Crippen LogP contribution in [0.1, 0.15) is 20.8 Å². The predicted molar refractivity (Wildman–Crippen MR) is 83.8 cm³/mol. The van der Waals surface area contributed by atoms with Gasteiger partial charge in [0, 0.05) is 17.6 Å². The van der Waals surface area contributed by atoms with Crippen molar-refractivity contribution in [3.05, 3.63) is 48.7 Å². The van der Waals surface area contributed by atoms with Crippen LogP contribution in [0.4, 0.5) is 22.0 Å². The molecule has 2 aromatic rings. The van der Waals surface area contributed by atoms with Gasteiger partial charge in [-0.15, -0.1) is 0 Å². The van der Waals surface area contributed by atoms with Crippen molar-refractivity contribution < 1.29 is 9.53 Å². The Bertz CT molecular complexity index is 589. The lowest BCUT2D eigenvalue weighted by Gasteiger charge is -2.19. The van der Waals surface area contributed by atoms with Crippen LogP contribution in [-0.2, 0) is 4.74 Å². The van der Waals surface area contributed by atoms with Crippen LogP contribution in [0.15, 0.2) is 48.7 Å². The summed E-state index contributed by atoms with van der Waals surface area (Å²) in [5.41, 5.74) is 1.06. The van der Waals surface area contributed by atoms with Crippen molar-refractivity contribution >= 4 is 23.3 Å². The molecule has 110 valence electrons. The number of nitrogens with zero attached hydrogens (tertiary/aromatic N) is 1. The van der Waals surface area contributed by atoms with Gasteiger partial charge in [0.15, 0.2) is 0 Å². The highest BCUT2D eigenvalue weighted by atomic mass is 16.6. The second-order valence-electron chi connectivity index (χ2n) is 5.54. The van der Waals surface area contributed by atoms with Gasteiger partial charge in [0.2, 0.25) is 0 Å². The monoisotopic (exact) mass is 285 g/mol. The van der Waals surface area contributed by atoms with Crippen molar-refractivity contribution in [2.45, 2.75) is 26.4 Å². The molecule has 0 aliphatic heterocycles. The second-order valence-corrected chi connectivity index (χ2v) is 5.54. The Morgan fingerprint density at radius 1 is 1.05 bits per heavy atom. The lowest BCUT2D eigenvalue weighted by molar-refractivity contribution is 0.0636. The number of ether oxygens (including phenoxy) is 1. The van der Waals surface area contributed by atoms with Crippen molar-refractivity contribution in [2.75, 3.05) is 10.6 Å². The average Bonchev–Trinajstić information content (AvgIpc) is 2.40. The van der Waals surface area contributed by atoms with Crippen LogP contribution >= 0.6 is 0 Å². The summed E-state index contributed by atoms with van der Waals surface area (Å²) in [5, 5.41) is 5.85. The number of aromatic nitrogens is 1. The molecule has 1 aromatic heterocycles. The van der Waals surface area contributed by atoms with Gasteiger partial charge in [-0.3, -0.25) is 5.32 Å². The first kappa shape index (κ1) is 14.8. The lowest BCUT2D eigenvalue weighted by atomic mass is 10.2. The zero-order valence-electron chi connectivity index (χ0n) is 12.4. The molecule has 2 N–H and O–H groups in total. The van der Waals surface area contributed by atoms with Crippen molar-refractivity contribution in [2.24, 2.45) is 0 Å². The summed E-state index contributed by atoms with van der Waals surface area (Å²) in [7, 11) is 0. The van der Waals surface area contributed by atoms with E-state index in [4.69, 9.17) is 4.74 Å². The number of benzene rings is 1. The van der Waals surface area contributed by atoms with E-state index in [1.807, 2.05) is 51.1 Å². The van der Waals surface area contributed by atoms with Gasteiger partial charge in [-0.25, -0.2) is 9.78 Å². The van der Waals surface area contributed by atoms with Gasteiger partial charge in [-0.1, -0.05) is 6.07 Å². The number of pyridine rings is 1. The zero-order chi connectivity index (χ0) is 15.3. The maximum absolute atomic E-state index is 11.6. The van der Waals surface area contributed by atoms with Gasteiger partial charge < -0.3 is 10.1 Å². The highest BCUT2D eigenvalue weighted by Gasteiger charge is 2.15. The van der Waals surface area contributed by atoms with Gasteiger partial charge in [-0.05, 0) is 57.2 Å². The summed E-state index contributed by atoms with van der Waals surface area (Å²) >= 11 is 0. The minimum absolute atomic E-state index is 0.465. The Hall–Kier alpha value is -2.56. The standard InChI is InChI=1S/C16H19N3O2/c1-16(2,3)21-15(20)19-13-9-7-12(8-10-13)18-14-6-4-5-11-17-14/h4-11H,1-3H3,(H,17,18)(H,19,20). The first-order valence-electron chi connectivity index (χ1n) is 6.70. The Labute approximate surface area is 124 Å². The molecule has 5 heteroatoms. The number of rotatable bonds is 3. The normalized spacial score (nSPS) is 10.8. The molecular formula is C16H19N3O2. The fourth-order valence-corrected chi connectivity index (χ4v) is 1.64. The van der Waals surface area contributed by atoms with Crippen molar-refractivity contribution in [1.82, 2.24) is 4.98 Å². The highest BCUT2D eigenvalue weighted by molar-refractivity contribution is 5.85. The molecule has 1 aromatic carbocycles. The quantitative estimate of drug-likeness (QED) is 0.888. The van der Waals surface area contributed by atoms with E-state index in [-0.39, 0.29) is 0 Å². The molecule has 0 atom stereocenters. The van der Waals surface area contributed by atoms with Crippen LogP contribution in [0.5, 0.6) is 0 Å². The average molecular weight is 285 g/mol. The number of amides is 1. The van der Waals surface area contributed by atoms with Gasteiger partial charge in [0.25, 0.3) is 0 Å². The first-order chi connectivity index (χ1) is 9.92. The van der Waals surface area contributed by atoms with Crippen molar-refractivity contribution in [3.8, 4) is 0 Å². The van der Waals surface area contributed by atoms with Crippen LogP contribution in [-0.4, -0.2) is 16.7 Å². The van der Waals surface area contributed by atoms with Crippen molar-refractivity contribution in [1.29, 1.82) is 0 Å². The van der Waals surface area contributed by atoms with Crippen LogP contribution in [0.3, 0.4) is 0 Å². The number of anilines is 3. The molecule has 1 amide bonds. The number of hydrogen-bond donors (Lipinski definition) is 2. The van der Waals surface area contributed by atoms with Crippen LogP contribution < -0.4 is 10.6 Å². The first-order valence-corrected chi connectivity index (χ1v) is 6.70. The Morgan fingerprint density at radius 3 is 2.29 bits per heavy atom. The molecule has 0 saturated heterocycles. The zero-order valence-corrected chi connectivity index (χ0v) is 12.4. The van der Waals surface area contributed by atoms with Crippen LogP contribution in [0.2, 0.25) is 0 Å². The Kier molecular flexibility index (Phi) is 4.42. The molecule has 0 unspecified atom stereocenters. The predicted octanol–water partition coefficient (Wildman–Crippen LogP) is 4.17. The third-order valence-corrected chi connectivity index (χ3v) is 2.47. The van der Waals surface area contributed by atoms with E-state index < -0.39 is 11.7 Å². The van der Waals surface area contributed by atoms with Crippen LogP contribution in [0, 0.1) is 0 Å². The minimum atomic E-state index is -0.509.